The molecule has 0 aliphatic rings. The topological polar surface area (TPSA) is 60.7 Å². The highest BCUT2D eigenvalue weighted by Crippen LogP contribution is 2.22. The number of hydrogen-bond acceptors (Lipinski definition) is 4. The van der Waals surface area contributed by atoms with E-state index in [1.54, 1.807) is 43.7 Å². The molecule has 1 atom stereocenters. The standard InChI is InChI=1S/C20H19NO4/c1-23-16-9-11-17(12-10-16)25-14-19(22)21-20(18-8-5-13-24-18)15-6-3-2-4-7-15/h2-13,20H,14H2,1H3,(H,21,22). The lowest BCUT2D eigenvalue weighted by atomic mass is 10.0. The number of amides is 1. The van der Waals surface area contributed by atoms with Crippen LogP contribution in [-0.4, -0.2) is 19.6 Å². The molecule has 0 fully saturated rings. The van der Waals surface area contributed by atoms with Crippen molar-refractivity contribution in [2.24, 2.45) is 0 Å². The van der Waals surface area contributed by atoms with Crippen molar-refractivity contribution >= 4 is 5.91 Å². The predicted octanol–water partition coefficient (Wildman–Crippen LogP) is 3.57. The molecule has 3 rings (SSSR count). The van der Waals surface area contributed by atoms with Crippen molar-refractivity contribution < 1.29 is 18.7 Å². The van der Waals surface area contributed by atoms with Gasteiger partial charge in [0.25, 0.3) is 5.91 Å². The van der Waals surface area contributed by atoms with Gasteiger partial charge in [-0.3, -0.25) is 4.79 Å². The van der Waals surface area contributed by atoms with E-state index in [4.69, 9.17) is 13.9 Å². The van der Waals surface area contributed by atoms with Gasteiger partial charge in [0.15, 0.2) is 6.61 Å². The van der Waals surface area contributed by atoms with Gasteiger partial charge >= 0.3 is 0 Å². The van der Waals surface area contributed by atoms with Gasteiger partial charge in [-0.15, -0.1) is 0 Å². The largest absolute Gasteiger partial charge is 0.497 e. The summed E-state index contributed by atoms with van der Waals surface area (Å²) in [5, 5.41) is 2.95. The third-order valence-corrected chi connectivity index (χ3v) is 3.70. The van der Waals surface area contributed by atoms with Crippen LogP contribution in [0, 0.1) is 0 Å². The molecule has 0 saturated carbocycles. The van der Waals surface area contributed by atoms with Crippen LogP contribution in [-0.2, 0) is 4.79 Å². The van der Waals surface area contributed by atoms with Crippen LogP contribution in [0.2, 0.25) is 0 Å². The summed E-state index contributed by atoms with van der Waals surface area (Å²) in [7, 11) is 1.60. The number of benzene rings is 2. The van der Waals surface area contributed by atoms with Crippen LogP contribution in [0.25, 0.3) is 0 Å². The van der Waals surface area contributed by atoms with Crippen molar-refractivity contribution in [3.63, 3.8) is 0 Å². The Morgan fingerprint density at radius 2 is 1.72 bits per heavy atom. The molecule has 1 amide bonds. The van der Waals surface area contributed by atoms with E-state index in [1.807, 2.05) is 36.4 Å². The zero-order valence-electron chi connectivity index (χ0n) is 13.8. The van der Waals surface area contributed by atoms with Crippen LogP contribution in [0.3, 0.4) is 0 Å². The number of carbonyl (C=O) groups is 1. The van der Waals surface area contributed by atoms with E-state index in [9.17, 15) is 4.79 Å². The molecule has 3 aromatic rings. The second-order valence-electron chi connectivity index (χ2n) is 5.39. The monoisotopic (exact) mass is 337 g/mol. The molecule has 1 heterocycles. The molecule has 0 spiro atoms. The van der Waals surface area contributed by atoms with E-state index in [-0.39, 0.29) is 18.6 Å². The molecule has 0 bridgehead atoms. The first-order chi connectivity index (χ1) is 12.3. The highest BCUT2D eigenvalue weighted by atomic mass is 16.5. The second-order valence-corrected chi connectivity index (χ2v) is 5.39. The number of carbonyl (C=O) groups excluding carboxylic acids is 1. The summed E-state index contributed by atoms with van der Waals surface area (Å²) in [6.07, 6.45) is 1.59. The highest BCUT2D eigenvalue weighted by Gasteiger charge is 2.19. The molecule has 1 N–H and O–H groups in total. The molecule has 0 radical (unpaired) electrons. The molecule has 2 aromatic carbocycles. The lowest BCUT2D eigenvalue weighted by Gasteiger charge is -2.17. The van der Waals surface area contributed by atoms with Crippen molar-refractivity contribution in [3.8, 4) is 11.5 Å². The Balaban J connectivity index is 1.64. The summed E-state index contributed by atoms with van der Waals surface area (Å²) in [6, 6.07) is 20.0. The maximum absolute atomic E-state index is 12.3. The van der Waals surface area contributed by atoms with Crippen LogP contribution < -0.4 is 14.8 Å². The summed E-state index contributed by atoms with van der Waals surface area (Å²) in [5.74, 6) is 1.77. The summed E-state index contributed by atoms with van der Waals surface area (Å²) in [4.78, 5) is 12.3. The van der Waals surface area contributed by atoms with Crippen molar-refractivity contribution in [2.45, 2.75) is 6.04 Å². The molecule has 1 aromatic heterocycles. The van der Waals surface area contributed by atoms with Gasteiger partial charge in [0.05, 0.1) is 13.4 Å². The van der Waals surface area contributed by atoms with Crippen LogP contribution in [0.1, 0.15) is 17.4 Å². The molecule has 5 heteroatoms. The van der Waals surface area contributed by atoms with Gasteiger partial charge in [-0.1, -0.05) is 30.3 Å². The number of rotatable bonds is 7. The molecule has 0 aliphatic carbocycles. The summed E-state index contributed by atoms with van der Waals surface area (Å²) < 4.78 is 16.1. The lowest BCUT2D eigenvalue weighted by Crippen LogP contribution is -2.33. The van der Waals surface area contributed by atoms with Gasteiger partial charge in [-0.05, 0) is 42.0 Å². The maximum atomic E-state index is 12.3. The zero-order chi connectivity index (χ0) is 17.5. The van der Waals surface area contributed by atoms with E-state index in [2.05, 4.69) is 5.32 Å². The van der Waals surface area contributed by atoms with Gasteiger partial charge in [-0.2, -0.15) is 0 Å². The fourth-order valence-electron chi connectivity index (χ4n) is 2.44. The Labute approximate surface area is 146 Å². The molecular weight excluding hydrogens is 318 g/mol. The Morgan fingerprint density at radius 3 is 2.36 bits per heavy atom. The Morgan fingerprint density at radius 1 is 1.00 bits per heavy atom. The lowest BCUT2D eigenvalue weighted by molar-refractivity contribution is -0.123. The van der Waals surface area contributed by atoms with E-state index in [0.29, 0.717) is 11.5 Å². The first-order valence-electron chi connectivity index (χ1n) is 7.91. The third kappa shape index (κ3) is 4.41. The number of methoxy groups -OCH3 is 1. The molecule has 128 valence electrons. The smallest absolute Gasteiger partial charge is 0.258 e. The SMILES string of the molecule is COc1ccc(OCC(=O)NC(c2ccccc2)c2ccco2)cc1. The third-order valence-electron chi connectivity index (χ3n) is 3.70. The summed E-state index contributed by atoms with van der Waals surface area (Å²) >= 11 is 0. The van der Waals surface area contributed by atoms with E-state index in [1.165, 1.54) is 0 Å². The quantitative estimate of drug-likeness (QED) is 0.716. The van der Waals surface area contributed by atoms with Gasteiger partial charge < -0.3 is 19.2 Å². The minimum absolute atomic E-state index is 0.0869. The minimum Gasteiger partial charge on any atom is -0.497 e. The van der Waals surface area contributed by atoms with Crippen molar-refractivity contribution in [1.29, 1.82) is 0 Å². The number of nitrogens with one attached hydrogen (secondary N) is 1. The maximum Gasteiger partial charge on any atom is 0.258 e. The zero-order valence-corrected chi connectivity index (χ0v) is 13.8. The van der Waals surface area contributed by atoms with Gasteiger partial charge in [0.1, 0.15) is 23.3 Å². The van der Waals surface area contributed by atoms with Crippen LogP contribution in [0.5, 0.6) is 11.5 Å². The molecule has 5 nitrogen and oxygen atoms in total. The Hall–Kier alpha value is -3.21. The van der Waals surface area contributed by atoms with Crippen molar-refractivity contribution in [1.82, 2.24) is 5.32 Å². The average molecular weight is 337 g/mol. The molecular formula is C20H19NO4. The first kappa shape index (κ1) is 16.6. The van der Waals surface area contributed by atoms with Gasteiger partial charge in [-0.25, -0.2) is 0 Å². The van der Waals surface area contributed by atoms with Crippen LogP contribution in [0.15, 0.2) is 77.4 Å². The minimum atomic E-state index is -0.358. The summed E-state index contributed by atoms with van der Waals surface area (Å²) in [5.41, 5.74) is 0.940. The highest BCUT2D eigenvalue weighted by molar-refractivity contribution is 5.78. The molecule has 1 unspecified atom stereocenters. The number of hydrogen-bond donors (Lipinski definition) is 1. The Kier molecular flexibility index (Phi) is 5.36. The summed E-state index contributed by atoms with van der Waals surface area (Å²) in [6.45, 7) is -0.0869. The average Bonchev–Trinajstić information content (AvgIpc) is 3.20. The second kappa shape index (κ2) is 8.06. The predicted molar refractivity (Wildman–Crippen MR) is 93.6 cm³/mol. The van der Waals surface area contributed by atoms with E-state index < -0.39 is 0 Å². The van der Waals surface area contributed by atoms with Gasteiger partial charge in [0.2, 0.25) is 0 Å². The number of furan rings is 1. The van der Waals surface area contributed by atoms with E-state index >= 15 is 0 Å². The van der Waals surface area contributed by atoms with Crippen molar-refractivity contribution in [3.05, 3.63) is 84.3 Å². The molecule has 25 heavy (non-hydrogen) atoms. The van der Waals surface area contributed by atoms with Gasteiger partial charge in [0, 0.05) is 0 Å². The first-order valence-corrected chi connectivity index (χ1v) is 7.91. The van der Waals surface area contributed by atoms with Crippen molar-refractivity contribution in [2.75, 3.05) is 13.7 Å². The van der Waals surface area contributed by atoms with Crippen LogP contribution >= 0.6 is 0 Å². The Bertz CT molecular complexity index is 782. The normalized spacial score (nSPS) is 11.6. The fraction of sp³-hybridized carbons (Fsp3) is 0.150. The molecule has 0 aliphatic heterocycles. The molecule has 0 saturated heterocycles. The van der Waals surface area contributed by atoms with E-state index in [0.717, 1.165) is 11.3 Å². The number of ether oxygens (including phenoxy) is 2. The van der Waals surface area contributed by atoms with Crippen LogP contribution in [0.4, 0.5) is 0 Å². The fourth-order valence-corrected chi connectivity index (χ4v) is 2.44.